The molecule has 17 heavy (non-hydrogen) atoms. The smallest absolute Gasteiger partial charge is 0.0409 e. The molecule has 1 atom stereocenters. The topological polar surface area (TPSA) is 12.0 Å². The molecule has 0 aliphatic heterocycles. The Kier molecular flexibility index (Phi) is 5.73. The zero-order chi connectivity index (χ0) is 12.8. The van der Waals surface area contributed by atoms with Gasteiger partial charge < -0.3 is 5.32 Å². The van der Waals surface area contributed by atoms with Gasteiger partial charge in [-0.1, -0.05) is 30.2 Å². The highest BCUT2D eigenvalue weighted by Crippen LogP contribution is 2.26. The Balaban J connectivity index is 2.93. The first kappa shape index (κ1) is 14.3. The van der Waals surface area contributed by atoms with Gasteiger partial charge in [0.15, 0.2) is 0 Å². The number of halogens is 1. The summed E-state index contributed by atoms with van der Waals surface area (Å²) >= 11 is 6.08. The zero-order valence-corrected chi connectivity index (χ0v) is 11.8. The normalized spacial score (nSPS) is 12.5. The van der Waals surface area contributed by atoms with Crippen LogP contribution in [0.2, 0.25) is 5.02 Å². The molecule has 1 rings (SSSR count). The number of rotatable bonds is 6. The maximum atomic E-state index is 6.08. The van der Waals surface area contributed by atoms with Crippen LogP contribution in [0.1, 0.15) is 43.9 Å². The van der Waals surface area contributed by atoms with Crippen molar-refractivity contribution in [2.75, 3.05) is 6.54 Å². The van der Waals surface area contributed by atoms with Crippen LogP contribution in [0, 0.1) is 6.92 Å². The molecular formula is C15H22ClN. The summed E-state index contributed by atoms with van der Waals surface area (Å²) < 4.78 is 0. The molecule has 2 heteroatoms. The first-order valence-electron chi connectivity index (χ1n) is 6.18. The van der Waals surface area contributed by atoms with Crippen molar-refractivity contribution in [3.63, 3.8) is 0 Å². The van der Waals surface area contributed by atoms with E-state index in [1.165, 1.54) is 16.7 Å². The van der Waals surface area contributed by atoms with Crippen molar-refractivity contribution >= 4 is 11.6 Å². The third-order valence-corrected chi connectivity index (χ3v) is 3.05. The molecule has 1 unspecified atom stereocenters. The Labute approximate surface area is 110 Å². The van der Waals surface area contributed by atoms with Crippen molar-refractivity contribution in [1.82, 2.24) is 5.32 Å². The van der Waals surface area contributed by atoms with Gasteiger partial charge in [-0.2, -0.15) is 0 Å². The van der Waals surface area contributed by atoms with E-state index in [2.05, 4.69) is 44.8 Å². The molecule has 0 aromatic heterocycles. The second kappa shape index (κ2) is 6.83. The molecule has 1 aromatic rings. The standard InChI is InChI=1S/C15H22ClN/c1-5-8-17-15(9-11(2)3)14-10-13(16)7-6-12(14)4/h6-7,10,15,17H,2,5,8-9H2,1,3-4H3. The maximum Gasteiger partial charge on any atom is 0.0409 e. The molecule has 0 fully saturated rings. The summed E-state index contributed by atoms with van der Waals surface area (Å²) in [5.74, 6) is 0. The van der Waals surface area contributed by atoms with Crippen LogP contribution in [0.15, 0.2) is 30.4 Å². The number of hydrogen-bond acceptors (Lipinski definition) is 1. The predicted molar refractivity (Wildman–Crippen MR) is 76.7 cm³/mol. The van der Waals surface area contributed by atoms with Crippen molar-refractivity contribution in [3.8, 4) is 0 Å². The molecule has 0 saturated carbocycles. The van der Waals surface area contributed by atoms with Crippen molar-refractivity contribution in [1.29, 1.82) is 0 Å². The van der Waals surface area contributed by atoms with Crippen LogP contribution in [-0.4, -0.2) is 6.54 Å². The van der Waals surface area contributed by atoms with Crippen molar-refractivity contribution in [2.45, 2.75) is 39.7 Å². The van der Waals surface area contributed by atoms with E-state index in [0.717, 1.165) is 24.4 Å². The van der Waals surface area contributed by atoms with Crippen molar-refractivity contribution in [3.05, 3.63) is 46.5 Å². The molecular weight excluding hydrogens is 230 g/mol. The molecule has 1 aromatic carbocycles. The molecule has 0 heterocycles. The van der Waals surface area contributed by atoms with Gasteiger partial charge in [0, 0.05) is 11.1 Å². The fraction of sp³-hybridized carbons (Fsp3) is 0.467. The number of benzene rings is 1. The van der Waals surface area contributed by atoms with E-state index >= 15 is 0 Å². The molecule has 0 spiro atoms. The van der Waals surface area contributed by atoms with Gasteiger partial charge in [0.25, 0.3) is 0 Å². The van der Waals surface area contributed by atoms with Crippen molar-refractivity contribution in [2.24, 2.45) is 0 Å². The Bertz CT molecular complexity index is 385. The van der Waals surface area contributed by atoms with E-state index in [0.29, 0.717) is 6.04 Å². The fourth-order valence-electron chi connectivity index (χ4n) is 1.95. The third-order valence-electron chi connectivity index (χ3n) is 2.81. The van der Waals surface area contributed by atoms with Crippen LogP contribution in [0.5, 0.6) is 0 Å². The van der Waals surface area contributed by atoms with Gasteiger partial charge in [-0.25, -0.2) is 0 Å². The van der Waals surface area contributed by atoms with Crippen LogP contribution in [0.4, 0.5) is 0 Å². The molecule has 0 saturated heterocycles. The zero-order valence-electron chi connectivity index (χ0n) is 11.0. The Morgan fingerprint density at radius 1 is 1.47 bits per heavy atom. The quantitative estimate of drug-likeness (QED) is 0.726. The summed E-state index contributed by atoms with van der Waals surface area (Å²) in [5.41, 5.74) is 3.76. The fourth-order valence-corrected chi connectivity index (χ4v) is 2.13. The minimum absolute atomic E-state index is 0.325. The average molecular weight is 252 g/mol. The van der Waals surface area contributed by atoms with Gasteiger partial charge in [0.1, 0.15) is 0 Å². The van der Waals surface area contributed by atoms with E-state index in [4.69, 9.17) is 11.6 Å². The van der Waals surface area contributed by atoms with E-state index in [9.17, 15) is 0 Å². The lowest BCUT2D eigenvalue weighted by atomic mass is 9.96. The van der Waals surface area contributed by atoms with Gasteiger partial charge in [-0.05, 0) is 56.5 Å². The lowest BCUT2D eigenvalue weighted by molar-refractivity contribution is 0.526. The third kappa shape index (κ3) is 4.53. The Morgan fingerprint density at radius 2 is 2.18 bits per heavy atom. The molecule has 0 radical (unpaired) electrons. The lowest BCUT2D eigenvalue weighted by Crippen LogP contribution is -2.23. The van der Waals surface area contributed by atoms with Gasteiger partial charge >= 0.3 is 0 Å². The van der Waals surface area contributed by atoms with Gasteiger partial charge in [-0.15, -0.1) is 6.58 Å². The van der Waals surface area contributed by atoms with E-state index < -0.39 is 0 Å². The first-order valence-corrected chi connectivity index (χ1v) is 6.56. The summed E-state index contributed by atoms with van der Waals surface area (Å²) in [6.07, 6.45) is 2.09. The van der Waals surface area contributed by atoms with E-state index in [1.54, 1.807) is 0 Å². The van der Waals surface area contributed by atoms with Gasteiger partial charge in [0.2, 0.25) is 0 Å². The molecule has 0 amide bonds. The highest BCUT2D eigenvalue weighted by atomic mass is 35.5. The summed E-state index contributed by atoms with van der Waals surface area (Å²) in [4.78, 5) is 0. The predicted octanol–water partition coefficient (Wildman–Crippen LogP) is 4.66. The lowest BCUT2D eigenvalue weighted by Gasteiger charge is -2.21. The van der Waals surface area contributed by atoms with Crippen LogP contribution in [0.3, 0.4) is 0 Å². The van der Waals surface area contributed by atoms with E-state index in [1.807, 2.05) is 6.07 Å². The second-order valence-electron chi connectivity index (χ2n) is 4.67. The van der Waals surface area contributed by atoms with Crippen LogP contribution >= 0.6 is 11.6 Å². The Morgan fingerprint density at radius 3 is 2.76 bits per heavy atom. The number of nitrogens with one attached hydrogen (secondary N) is 1. The minimum Gasteiger partial charge on any atom is -0.310 e. The number of hydrogen-bond donors (Lipinski definition) is 1. The summed E-state index contributed by atoms with van der Waals surface area (Å²) in [6.45, 7) is 11.4. The summed E-state index contributed by atoms with van der Waals surface area (Å²) in [6, 6.07) is 6.41. The first-order chi connectivity index (χ1) is 8.04. The van der Waals surface area contributed by atoms with E-state index in [-0.39, 0.29) is 0 Å². The molecule has 0 aliphatic rings. The van der Waals surface area contributed by atoms with Crippen molar-refractivity contribution < 1.29 is 0 Å². The highest BCUT2D eigenvalue weighted by Gasteiger charge is 2.13. The largest absolute Gasteiger partial charge is 0.310 e. The monoisotopic (exact) mass is 251 g/mol. The molecule has 94 valence electrons. The van der Waals surface area contributed by atoms with Crippen LogP contribution < -0.4 is 5.32 Å². The van der Waals surface area contributed by atoms with Crippen LogP contribution in [-0.2, 0) is 0 Å². The average Bonchev–Trinajstić information content (AvgIpc) is 2.27. The maximum absolute atomic E-state index is 6.08. The van der Waals surface area contributed by atoms with Gasteiger partial charge in [-0.3, -0.25) is 0 Å². The molecule has 0 aliphatic carbocycles. The molecule has 1 nitrogen and oxygen atoms in total. The molecule has 0 bridgehead atoms. The molecule has 1 N–H and O–H groups in total. The Hall–Kier alpha value is -0.790. The number of aryl methyl sites for hydroxylation is 1. The summed E-state index contributed by atoms with van der Waals surface area (Å²) in [7, 11) is 0. The van der Waals surface area contributed by atoms with Crippen LogP contribution in [0.25, 0.3) is 0 Å². The summed E-state index contributed by atoms with van der Waals surface area (Å²) in [5, 5.41) is 4.37. The second-order valence-corrected chi connectivity index (χ2v) is 5.11. The highest BCUT2D eigenvalue weighted by molar-refractivity contribution is 6.30. The SMILES string of the molecule is C=C(C)CC(NCCC)c1cc(Cl)ccc1C. The minimum atomic E-state index is 0.325. The van der Waals surface area contributed by atoms with Gasteiger partial charge in [0.05, 0.1) is 0 Å².